The van der Waals surface area contributed by atoms with Gasteiger partial charge in [-0.25, -0.2) is 0 Å². The number of carbonyl (C=O) groups is 1. The molecule has 0 saturated carbocycles. The Morgan fingerprint density at radius 1 is 1.25 bits per heavy atom. The number of rotatable bonds is 4. The molecule has 0 unspecified atom stereocenters. The summed E-state index contributed by atoms with van der Waals surface area (Å²) in [7, 11) is 2.13. The molecule has 4 nitrogen and oxygen atoms in total. The summed E-state index contributed by atoms with van der Waals surface area (Å²) in [5.41, 5.74) is 0.954. The van der Waals surface area contributed by atoms with Crippen LogP contribution in [0.5, 0.6) is 0 Å². The van der Waals surface area contributed by atoms with Crippen molar-refractivity contribution in [3.05, 3.63) is 47.9 Å². The van der Waals surface area contributed by atoms with Crippen LogP contribution in [0, 0.1) is 6.92 Å². The van der Waals surface area contributed by atoms with E-state index < -0.39 is 0 Å². The number of aryl methyl sites for hydroxylation is 1. The first kappa shape index (κ1) is 17.1. The minimum absolute atomic E-state index is 0.0455. The maximum absolute atomic E-state index is 13.2. The van der Waals surface area contributed by atoms with Crippen LogP contribution in [0.3, 0.4) is 0 Å². The van der Waals surface area contributed by atoms with Crippen molar-refractivity contribution in [3.63, 3.8) is 0 Å². The highest BCUT2D eigenvalue weighted by Crippen LogP contribution is 2.29. The number of hydrogen-bond donors (Lipinski definition) is 0. The Kier molecular flexibility index (Phi) is 5.31. The summed E-state index contributed by atoms with van der Waals surface area (Å²) in [6.45, 7) is 3.88. The summed E-state index contributed by atoms with van der Waals surface area (Å²) >= 11 is 1.69. The Morgan fingerprint density at radius 2 is 2.00 bits per heavy atom. The molecule has 0 bridgehead atoms. The highest BCUT2D eigenvalue weighted by atomic mass is 32.2. The van der Waals surface area contributed by atoms with Gasteiger partial charge in [-0.1, -0.05) is 6.07 Å². The zero-order chi connectivity index (χ0) is 17.1. The molecule has 1 aromatic heterocycles. The summed E-state index contributed by atoms with van der Waals surface area (Å²) in [6, 6.07) is 12.0. The molecule has 128 valence electrons. The molecule has 0 N–H and O–H groups in total. The number of carbonyl (C=O) groups excluding carboxylic acids is 1. The third-order valence-electron chi connectivity index (χ3n) is 4.55. The van der Waals surface area contributed by atoms with Gasteiger partial charge in [0.25, 0.3) is 5.91 Å². The van der Waals surface area contributed by atoms with Crippen molar-refractivity contribution in [2.45, 2.75) is 30.7 Å². The van der Waals surface area contributed by atoms with E-state index >= 15 is 0 Å². The van der Waals surface area contributed by atoms with Gasteiger partial charge in [0.2, 0.25) is 0 Å². The molecule has 0 spiro atoms. The largest absolute Gasteiger partial charge is 0.456 e. The third-order valence-corrected chi connectivity index (χ3v) is 5.28. The van der Waals surface area contributed by atoms with E-state index in [2.05, 4.69) is 30.3 Å². The summed E-state index contributed by atoms with van der Waals surface area (Å²) in [5.74, 6) is 1.14. The van der Waals surface area contributed by atoms with Gasteiger partial charge in [-0.05, 0) is 76.5 Å². The molecule has 1 aliphatic heterocycles. The summed E-state index contributed by atoms with van der Waals surface area (Å²) < 4.78 is 5.61. The van der Waals surface area contributed by atoms with E-state index in [1.807, 2.05) is 30.0 Å². The SMILES string of the molecule is CSc1cccc(N(C(=O)c2ccc(C)o2)C2CCN(C)CC2)c1. The van der Waals surface area contributed by atoms with E-state index in [0.717, 1.165) is 42.3 Å². The molecule has 0 atom stereocenters. The van der Waals surface area contributed by atoms with Crippen LogP contribution in [0.2, 0.25) is 0 Å². The Balaban J connectivity index is 1.95. The second kappa shape index (κ2) is 7.45. The molecule has 24 heavy (non-hydrogen) atoms. The third kappa shape index (κ3) is 3.68. The van der Waals surface area contributed by atoms with Gasteiger partial charge in [0, 0.05) is 16.6 Å². The average molecular weight is 344 g/mol. The van der Waals surface area contributed by atoms with Crippen molar-refractivity contribution in [2.24, 2.45) is 0 Å². The standard InChI is InChI=1S/C19H24N2O2S/c1-14-7-8-18(23-14)19(22)21(15-9-11-20(2)12-10-15)16-5-4-6-17(13-16)24-3/h4-8,13,15H,9-12H2,1-3H3. The Morgan fingerprint density at radius 3 is 2.62 bits per heavy atom. The van der Waals surface area contributed by atoms with E-state index in [9.17, 15) is 4.79 Å². The van der Waals surface area contributed by atoms with Gasteiger partial charge < -0.3 is 14.2 Å². The predicted octanol–water partition coefficient (Wildman–Crippen LogP) is 4.05. The molecule has 0 aliphatic carbocycles. The summed E-state index contributed by atoms with van der Waals surface area (Å²) in [6.07, 6.45) is 4.01. The number of likely N-dealkylation sites (tertiary alicyclic amines) is 1. The van der Waals surface area contributed by atoms with Crippen LogP contribution in [0.1, 0.15) is 29.2 Å². The maximum atomic E-state index is 13.2. The van der Waals surface area contributed by atoms with E-state index in [0.29, 0.717) is 5.76 Å². The fourth-order valence-corrected chi connectivity index (χ4v) is 3.63. The quantitative estimate of drug-likeness (QED) is 0.784. The number of furan rings is 1. The van der Waals surface area contributed by atoms with Gasteiger partial charge >= 0.3 is 0 Å². The molecule has 2 heterocycles. The molecule has 1 saturated heterocycles. The van der Waals surface area contributed by atoms with Gasteiger partial charge in [0.1, 0.15) is 5.76 Å². The number of nitrogens with zero attached hydrogens (tertiary/aromatic N) is 2. The number of anilines is 1. The second-order valence-corrected chi connectivity index (χ2v) is 7.20. The second-order valence-electron chi connectivity index (χ2n) is 6.32. The van der Waals surface area contributed by atoms with Gasteiger partial charge in [0.15, 0.2) is 5.76 Å². The van der Waals surface area contributed by atoms with E-state index in [-0.39, 0.29) is 11.9 Å². The van der Waals surface area contributed by atoms with Crippen LogP contribution < -0.4 is 4.90 Å². The smallest absolute Gasteiger partial charge is 0.294 e. The van der Waals surface area contributed by atoms with Crippen molar-refractivity contribution < 1.29 is 9.21 Å². The topological polar surface area (TPSA) is 36.7 Å². The molecule has 5 heteroatoms. The van der Waals surface area contributed by atoms with Gasteiger partial charge in [-0.15, -0.1) is 11.8 Å². The van der Waals surface area contributed by atoms with Crippen molar-refractivity contribution in [1.82, 2.24) is 4.90 Å². The summed E-state index contributed by atoms with van der Waals surface area (Å²) in [5, 5.41) is 0. The number of amides is 1. The monoisotopic (exact) mass is 344 g/mol. The Bertz CT molecular complexity index is 705. The van der Waals surface area contributed by atoms with Crippen molar-refractivity contribution in [2.75, 3.05) is 31.3 Å². The molecule has 2 aromatic rings. The minimum atomic E-state index is -0.0455. The predicted molar refractivity (Wildman–Crippen MR) is 99.0 cm³/mol. The molecule has 1 aliphatic rings. The molecule has 0 radical (unpaired) electrons. The molecule has 3 rings (SSSR count). The molecular weight excluding hydrogens is 320 g/mol. The fourth-order valence-electron chi connectivity index (χ4n) is 3.18. The normalized spacial score (nSPS) is 16.3. The Labute approximate surface area is 147 Å². The van der Waals surface area contributed by atoms with Crippen LogP contribution in [0.4, 0.5) is 5.69 Å². The first-order valence-corrected chi connectivity index (χ1v) is 9.53. The highest BCUT2D eigenvalue weighted by Gasteiger charge is 2.30. The van der Waals surface area contributed by atoms with Crippen molar-refractivity contribution in [3.8, 4) is 0 Å². The number of piperidine rings is 1. The fraction of sp³-hybridized carbons (Fsp3) is 0.421. The number of thioether (sulfide) groups is 1. The lowest BCUT2D eigenvalue weighted by Crippen LogP contribution is -2.46. The van der Waals surface area contributed by atoms with Crippen LogP contribution >= 0.6 is 11.8 Å². The van der Waals surface area contributed by atoms with E-state index in [1.54, 1.807) is 17.8 Å². The van der Waals surface area contributed by atoms with Crippen LogP contribution in [-0.2, 0) is 0 Å². The lowest BCUT2D eigenvalue weighted by atomic mass is 10.0. The van der Waals surface area contributed by atoms with Crippen molar-refractivity contribution in [1.29, 1.82) is 0 Å². The van der Waals surface area contributed by atoms with Crippen LogP contribution in [-0.4, -0.2) is 43.2 Å². The Hall–Kier alpha value is -1.72. The van der Waals surface area contributed by atoms with Crippen LogP contribution in [0.25, 0.3) is 0 Å². The van der Waals surface area contributed by atoms with E-state index in [1.165, 1.54) is 0 Å². The first-order valence-electron chi connectivity index (χ1n) is 8.31. The first-order chi connectivity index (χ1) is 11.6. The minimum Gasteiger partial charge on any atom is -0.456 e. The molecule has 1 amide bonds. The maximum Gasteiger partial charge on any atom is 0.294 e. The van der Waals surface area contributed by atoms with Gasteiger partial charge in [0.05, 0.1) is 0 Å². The van der Waals surface area contributed by atoms with Gasteiger partial charge in [-0.2, -0.15) is 0 Å². The lowest BCUT2D eigenvalue weighted by Gasteiger charge is -2.37. The molecular formula is C19H24N2O2S. The average Bonchev–Trinajstić information content (AvgIpc) is 3.03. The number of benzene rings is 1. The lowest BCUT2D eigenvalue weighted by molar-refractivity contribution is 0.0935. The summed E-state index contributed by atoms with van der Waals surface area (Å²) in [4.78, 5) is 18.6. The highest BCUT2D eigenvalue weighted by molar-refractivity contribution is 7.98. The van der Waals surface area contributed by atoms with Crippen LogP contribution in [0.15, 0.2) is 45.7 Å². The zero-order valence-corrected chi connectivity index (χ0v) is 15.3. The number of hydrogen-bond acceptors (Lipinski definition) is 4. The van der Waals surface area contributed by atoms with E-state index in [4.69, 9.17) is 4.42 Å². The zero-order valence-electron chi connectivity index (χ0n) is 14.5. The van der Waals surface area contributed by atoms with Gasteiger partial charge in [-0.3, -0.25) is 4.79 Å². The molecule has 1 fully saturated rings. The molecule has 1 aromatic carbocycles. The van der Waals surface area contributed by atoms with Crippen molar-refractivity contribution >= 4 is 23.4 Å².